The van der Waals surface area contributed by atoms with Crippen molar-refractivity contribution < 1.29 is 4.74 Å². The van der Waals surface area contributed by atoms with E-state index in [1.165, 1.54) is 18.4 Å². The fraction of sp³-hybridized carbons (Fsp3) is 0.125. The highest BCUT2D eigenvalue weighted by Crippen LogP contribution is 2.37. The number of pyridine rings is 1. The molecule has 3 aromatic rings. The SMILES string of the molecule is CNc1nc(-c2cc(Cl)ccc2-c2cnc(OC)c(Cl)c2)cs1. The molecule has 7 heteroatoms. The largest absolute Gasteiger partial charge is 0.480 e. The lowest BCUT2D eigenvalue weighted by Crippen LogP contribution is -1.92. The molecule has 118 valence electrons. The maximum atomic E-state index is 6.20. The molecular formula is C16H13Cl2N3OS. The van der Waals surface area contributed by atoms with Crippen LogP contribution in [0.5, 0.6) is 5.88 Å². The molecule has 1 N–H and O–H groups in total. The summed E-state index contributed by atoms with van der Waals surface area (Å²) >= 11 is 13.9. The lowest BCUT2D eigenvalue weighted by atomic mass is 9.99. The lowest BCUT2D eigenvalue weighted by Gasteiger charge is -2.10. The summed E-state index contributed by atoms with van der Waals surface area (Å²) in [4.78, 5) is 8.79. The first-order valence-electron chi connectivity index (χ1n) is 6.75. The normalized spacial score (nSPS) is 10.6. The van der Waals surface area contributed by atoms with Gasteiger partial charge in [0.15, 0.2) is 5.13 Å². The van der Waals surface area contributed by atoms with E-state index in [0.717, 1.165) is 27.5 Å². The van der Waals surface area contributed by atoms with Crippen LogP contribution in [0, 0.1) is 0 Å². The third-order valence-corrected chi connectivity index (χ3v) is 4.65. The van der Waals surface area contributed by atoms with Crippen molar-refractivity contribution in [2.45, 2.75) is 0 Å². The fourth-order valence-electron chi connectivity index (χ4n) is 2.22. The number of ether oxygens (including phenoxy) is 1. The average Bonchev–Trinajstić information content (AvgIpc) is 3.03. The molecule has 0 bridgehead atoms. The molecule has 3 rings (SSSR count). The Hall–Kier alpha value is -1.82. The first-order valence-corrected chi connectivity index (χ1v) is 8.39. The van der Waals surface area contributed by atoms with Crippen molar-refractivity contribution in [1.29, 1.82) is 0 Å². The Labute approximate surface area is 148 Å². The van der Waals surface area contributed by atoms with Crippen molar-refractivity contribution in [1.82, 2.24) is 9.97 Å². The quantitative estimate of drug-likeness (QED) is 0.687. The van der Waals surface area contributed by atoms with E-state index in [0.29, 0.717) is 15.9 Å². The van der Waals surface area contributed by atoms with Crippen LogP contribution >= 0.6 is 34.5 Å². The van der Waals surface area contributed by atoms with Crippen LogP contribution in [0.15, 0.2) is 35.8 Å². The molecule has 2 heterocycles. The van der Waals surface area contributed by atoms with E-state index in [-0.39, 0.29) is 0 Å². The van der Waals surface area contributed by atoms with E-state index in [1.807, 2.05) is 36.7 Å². The van der Waals surface area contributed by atoms with Gasteiger partial charge in [-0.1, -0.05) is 29.3 Å². The molecule has 0 unspecified atom stereocenters. The number of aromatic nitrogens is 2. The molecule has 4 nitrogen and oxygen atoms in total. The van der Waals surface area contributed by atoms with Crippen LogP contribution < -0.4 is 10.1 Å². The summed E-state index contributed by atoms with van der Waals surface area (Å²) in [5, 5.41) is 6.98. The standard InChI is InChI=1S/C16H13Cl2N3OS/c1-19-16-21-14(8-23-16)12-6-10(17)3-4-11(12)9-5-13(18)15(22-2)20-7-9/h3-8H,1-2H3,(H,19,21). The van der Waals surface area contributed by atoms with E-state index < -0.39 is 0 Å². The Morgan fingerprint density at radius 2 is 2.00 bits per heavy atom. The van der Waals surface area contributed by atoms with Crippen LogP contribution in [-0.4, -0.2) is 24.1 Å². The van der Waals surface area contributed by atoms with Crippen LogP contribution in [0.25, 0.3) is 22.4 Å². The predicted octanol–water partition coefficient (Wildman–Crippen LogP) is 5.23. The molecule has 0 aliphatic heterocycles. The number of hydrogen-bond acceptors (Lipinski definition) is 5. The molecule has 0 amide bonds. The number of nitrogens with one attached hydrogen (secondary N) is 1. The molecule has 23 heavy (non-hydrogen) atoms. The average molecular weight is 366 g/mol. The van der Waals surface area contributed by atoms with Crippen molar-refractivity contribution >= 4 is 39.7 Å². The zero-order valence-electron chi connectivity index (χ0n) is 12.4. The summed E-state index contributed by atoms with van der Waals surface area (Å²) in [6, 6.07) is 7.49. The molecule has 0 atom stereocenters. The molecule has 0 aliphatic carbocycles. The van der Waals surface area contributed by atoms with Gasteiger partial charge in [-0.25, -0.2) is 9.97 Å². The Balaban J connectivity index is 2.14. The van der Waals surface area contributed by atoms with Crippen molar-refractivity contribution in [3.8, 4) is 28.3 Å². The van der Waals surface area contributed by atoms with Gasteiger partial charge in [-0.2, -0.15) is 0 Å². The maximum absolute atomic E-state index is 6.20. The highest BCUT2D eigenvalue weighted by atomic mass is 35.5. The summed E-state index contributed by atoms with van der Waals surface area (Å²) < 4.78 is 5.10. The van der Waals surface area contributed by atoms with E-state index >= 15 is 0 Å². The second-order valence-electron chi connectivity index (χ2n) is 4.69. The fourth-order valence-corrected chi connectivity index (χ4v) is 3.30. The molecule has 0 aliphatic rings. The van der Waals surface area contributed by atoms with Crippen molar-refractivity contribution in [2.75, 3.05) is 19.5 Å². The number of anilines is 1. The molecule has 0 radical (unpaired) electrons. The number of thiazole rings is 1. The number of hydrogen-bond donors (Lipinski definition) is 1. The van der Waals surface area contributed by atoms with Crippen LogP contribution in [0.3, 0.4) is 0 Å². The van der Waals surface area contributed by atoms with Crippen molar-refractivity contribution in [2.24, 2.45) is 0 Å². The van der Waals surface area contributed by atoms with Gasteiger partial charge in [-0.3, -0.25) is 0 Å². The Morgan fingerprint density at radius 3 is 2.65 bits per heavy atom. The summed E-state index contributed by atoms with van der Waals surface area (Å²) in [5.41, 5.74) is 3.61. The number of halogens is 2. The Kier molecular flexibility index (Phi) is 4.71. The minimum absolute atomic E-state index is 0.400. The molecule has 1 aromatic carbocycles. The van der Waals surface area contributed by atoms with Gasteiger partial charge < -0.3 is 10.1 Å². The third-order valence-electron chi connectivity index (χ3n) is 3.29. The number of methoxy groups -OCH3 is 1. The number of nitrogens with zero attached hydrogens (tertiary/aromatic N) is 2. The van der Waals surface area contributed by atoms with Crippen LogP contribution in [0.4, 0.5) is 5.13 Å². The predicted molar refractivity (Wildman–Crippen MR) is 96.9 cm³/mol. The van der Waals surface area contributed by atoms with Gasteiger partial charge in [0.05, 0.1) is 12.8 Å². The molecule has 0 saturated carbocycles. The third kappa shape index (κ3) is 3.27. The highest BCUT2D eigenvalue weighted by Gasteiger charge is 2.13. The van der Waals surface area contributed by atoms with Gasteiger partial charge in [-0.15, -0.1) is 11.3 Å². The smallest absolute Gasteiger partial charge is 0.232 e. The van der Waals surface area contributed by atoms with Gasteiger partial charge in [0, 0.05) is 34.8 Å². The molecule has 0 saturated heterocycles. The number of benzene rings is 1. The van der Waals surface area contributed by atoms with Gasteiger partial charge in [0.1, 0.15) is 5.02 Å². The first-order chi connectivity index (χ1) is 11.1. The minimum atomic E-state index is 0.400. The molecule has 0 fully saturated rings. The maximum Gasteiger partial charge on any atom is 0.232 e. The zero-order chi connectivity index (χ0) is 16.4. The van der Waals surface area contributed by atoms with Gasteiger partial charge in [0.2, 0.25) is 5.88 Å². The van der Waals surface area contributed by atoms with Gasteiger partial charge in [0.25, 0.3) is 0 Å². The molecule has 0 spiro atoms. The topological polar surface area (TPSA) is 47.0 Å². The van der Waals surface area contributed by atoms with Crippen molar-refractivity contribution in [3.05, 3.63) is 45.9 Å². The summed E-state index contributed by atoms with van der Waals surface area (Å²) in [7, 11) is 3.38. The second kappa shape index (κ2) is 6.74. The Bertz CT molecular complexity index is 851. The monoisotopic (exact) mass is 365 g/mol. The van der Waals surface area contributed by atoms with Gasteiger partial charge >= 0.3 is 0 Å². The van der Waals surface area contributed by atoms with Crippen LogP contribution in [-0.2, 0) is 0 Å². The van der Waals surface area contributed by atoms with Gasteiger partial charge in [-0.05, 0) is 23.8 Å². The van der Waals surface area contributed by atoms with E-state index in [2.05, 4.69) is 15.3 Å². The Morgan fingerprint density at radius 1 is 1.17 bits per heavy atom. The van der Waals surface area contributed by atoms with Crippen LogP contribution in [0.2, 0.25) is 10.0 Å². The molecular weight excluding hydrogens is 353 g/mol. The molecule has 2 aromatic heterocycles. The lowest BCUT2D eigenvalue weighted by molar-refractivity contribution is 0.398. The van der Waals surface area contributed by atoms with Crippen LogP contribution in [0.1, 0.15) is 0 Å². The van der Waals surface area contributed by atoms with Crippen molar-refractivity contribution in [3.63, 3.8) is 0 Å². The highest BCUT2D eigenvalue weighted by molar-refractivity contribution is 7.14. The minimum Gasteiger partial charge on any atom is -0.480 e. The van der Waals surface area contributed by atoms with E-state index in [9.17, 15) is 0 Å². The summed E-state index contributed by atoms with van der Waals surface area (Å²) in [6.45, 7) is 0. The second-order valence-corrected chi connectivity index (χ2v) is 6.39. The number of rotatable bonds is 4. The summed E-state index contributed by atoms with van der Waals surface area (Å²) in [6.07, 6.45) is 1.73. The van der Waals surface area contributed by atoms with E-state index in [1.54, 1.807) is 6.20 Å². The first kappa shape index (κ1) is 16.1. The zero-order valence-corrected chi connectivity index (χ0v) is 14.8. The van der Waals surface area contributed by atoms with E-state index in [4.69, 9.17) is 27.9 Å². The summed E-state index contributed by atoms with van der Waals surface area (Å²) in [5.74, 6) is 0.400.